The minimum Gasteiger partial charge on any atom is -0.303 e. The van der Waals surface area contributed by atoms with Gasteiger partial charge in [-0.15, -0.1) is 0 Å². The van der Waals surface area contributed by atoms with Crippen LogP contribution in [0, 0.1) is 0 Å². The highest BCUT2D eigenvalue weighted by Gasteiger charge is 2.01. The smallest absolute Gasteiger partial charge is 0.00187 e. The molecule has 0 saturated heterocycles. The fourth-order valence-electron chi connectivity index (χ4n) is 2.62. The molecule has 0 aliphatic heterocycles. The molecule has 0 aromatic heterocycles. The van der Waals surface area contributed by atoms with Crippen molar-refractivity contribution in [2.75, 3.05) is 19.6 Å². The maximum atomic E-state index is 2.64. The first kappa shape index (κ1) is 18.7. The maximum absolute atomic E-state index is 2.64. The van der Waals surface area contributed by atoms with Crippen molar-refractivity contribution < 1.29 is 0 Å². The minimum atomic E-state index is 1.28. The zero-order valence-corrected chi connectivity index (χ0v) is 13.8. The molecule has 0 saturated carbocycles. The van der Waals surface area contributed by atoms with Gasteiger partial charge in [0.15, 0.2) is 0 Å². The van der Waals surface area contributed by atoms with Crippen molar-refractivity contribution in [2.45, 2.75) is 85.0 Å². The molecule has 0 aromatic rings. The Labute approximate surface area is 122 Å². The highest BCUT2D eigenvalue weighted by atomic mass is 15.1. The Morgan fingerprint density at radius 1 is 0.684 bits per heavy atom. The van der Waals surface area contributed by atoms with Crippen LogP contribution in [0.4, 0.5) is 0 Å². The first-order valence-corrected chi connectivity index (χ1v) is 8.68. The van der Waals surface area contributed by atoms with Gasteiger partial charge in [0, 0.05) is 0 Å². The van der Waals surface area contributed by atoms with Crippen LogP contribution in [0.2, 0.25) is 0 Å². The van der Waals surface area contributed by atoms with Crippen molar-refractivity contribution in [3.8, 4) is 0 Å². The molecule has 0 aliphatic carbocycles. The molecule has 0 aromatic carbocycles. The summed E-state index contributed by atoms with van der Waals surface area (Å²) in [5, 5.41) is 0. The van der Waals surface area contributed by atoms with E-state index in [1.807, 2.05) is 0 Å². The molecule has 19 heavy (non-hydrogen) atoms. The highest BCUT2D eigenvalue weighted by Crippen LogP contribution is 2.09. The lowest BCUT2D eigenvalue weighted by atomic mass is 10.1. The summed E-state index contributed by atoms with van der Waals surface area (Å²) < 4.78 is 0. The zero-order chi connectivity index (χ0) is 14.2. The summed E-state index contributed by atoms with van der Waals surface area (Å²) in [6.45, 7) is 10.6. The van der Waals surface area contributed by atoms with Crippen molar-refractivity contribution in [2.24, 2.45) is 0 Å². The average Bonchev–Trinajstić information content (AvgIpc) is 2.41. The van der Waals surface area contributed by atoms with Crippen molar-refractivity contribution in [3.05, 3.63) is 12.2 Å². The van der Waals surface area contributed by atoms with Gasteiger partial charge in [0.25, 0.3) is 0 Å². The molecule has 0 heterocycles. The third-order valence-electron chi connectivity index (χ3n) is 3.66. The SMILES string of the molecule is C/C=C/CCCCCCCCCN(CCC)CCC. The Balaban J connectivity index is 3.24. The molecule has 0 unspecified atom stereocenters. The van der Waals surface area contributed by atoms with E-state index in [-0.39, 0.29) is 0 Å². The van der Waals surface area contributed by atoms with E-state index in [9.17, 15) is 0 Å². The molecule has 0 rings (SSSR count). The molecule has 0 aliphatic rings. The Morgan fingerprint density at radius 3 is 1.74 bits per heavy atom. The van der Waals surface area contributed by atoms with Crippen LogP contribution in [-0.2, 0) is 0 Å². The lowest BCUT2D eigenvalue weighted by Gasteiger charge is -2.20. The zero-order valence-electron chi connectivity index (χ0n) is 13.8. The quantitative estimate of drug-likeness (QED) is 0.284. The summed E-state index contributed by atoms with van der Waals surface area (Å²) in [4.78, 5) is 2.64. The second-order valence-electron chi connectivity index (χ2n) is 5.67. The van der Waals surface area contributed by atoms with E-state index in [4.69, 9.17) is 0 Å². The molecule has 0 bridgehead atoms. The van der Waals surface area contributed by atoms with E-state index in [2.05, 4.69) is 37.8 Å². The number of unbranched alkanes of at least 4 members (excludes halogenated alkanes) is 7. The summed E-state index contributed by atoms with van der Waals surface area (Å²) in [7, 11) is 0. The van der Waals surface area contributed by atoms with Crippen LogP contribution in [0.5, 0.6) is 0 Å². The van der Waals surface area contributed by atoms with E-state index in [0.717, 1.165) is 0 Å². The predicted molar refractivity (Wildman–Crippen MR) is 88.8 cm³/mol. The summed E-state index contributed by atoms with van der Waals surface area (Å²) in [5.74, 6) is 0. The first-order valence-electron chi connectivity index (χ1n) is 8.68. The molecular formula is C18H37N. The van der Waals surface area contributed by atoms with Gasteiger partial charge in [-0.2, -0.15) is 0 Å². The van der Waals surface area contributed by atoms with Crippen LogP contribution in [0.3, 0.4) is 0 Å². The molecule has 0 radical (unpaired) electrons. The van der Waals surface area contributed by atoms with Gasteiger partial charge in [-0.25, -0.2) is 0 Å². The fraction of sp³-hybridized carbons (Fsp3) is 0.889. The summed E-state index contributed by atoms with van der Waals surface area (Å²) in [6, 6.07) is 0. The highest BCUT2D eigenvalue weighted by molar-refractivity contribution is 4.76. The predicted octanol–water partition coefficient (Wildman–Crippen LogP) is 5.81. The molecule has 0 spiro atoms. The molecular weight excluding hydrogens is 230 g/mol. The molecule has 114 valence electrons. The van der Waals surface area contributed by atoms with Gasteiger partial charge in [0.05, 0.1) is 0 Å². The summed E-state index contributed by atoms with van der Waals surface area (Å²) in [6.07, 6.45) is 18.3. The van der Waals surface area contributed by atoms with E-state index in [1.54, 1.807) is 0 Å². The van der Waals surface area contributed by atoms with E-state index < -0.39 is 0 Å². The van der Waals surface area contributed by atoms with Crippen molar-refractivity contribution in [1.29, 1.82) is 0 Å². The first-order chi connectivity index (χ1) is 9.35. The molecule has 0 atom stereocenters. The average molecular weight is 268 g/mol. The summed E-state index contributed by atoms with van der Waals surface area (Å²) in [5.41, 5.74) is 0. The van der Waals surface area contributed by atoms with Crippen molar-refractivity contribution in [1.82, 2.24) is 4.90 Å². The molecule has 0 amide bonds. The van der Waals surface area contributed by atoms with Gasteiger partial charge in [0.2, 0.25) is 0 Å². The topological polar surface area (TPSA) is 3.24 Å². The van der Waals surface area contributed by atoms with E-state index >= 15 is 0 Å². The van der Waals surface area contributed by atoms with Crippen LogP contribution in [0.1, 0.15) is 85.0 Å². The Morgan fingerprint density at radius 2 is 1.21 bits per heavy atom. The van der Waals surface area contributed by atoms with Gasteiger partial charge in [0.1, 0.15) is 0 Å². The maximum Gasteiger partial charge on any atom is -0.00187 e. The number of hydrogen-bond donors (Lipinski definition) is 0. The van der Waals surface area contributed by atoms with Crippen LogP contribution in [0.25, 0.3) is 0 Å². The van der Waals surface area contributed by atoms with Gasteiger partial charge in [-0.3, -0.25) is 0 Å². The van der Waals surface area contributed by atoms with E-state index in [1.165, 1.54) is 83.8 Å². The number of rotatable bonds is 14. The fourth-order valence-corrected chi connectivity index (χ4v) is 2.62. The number of allylic oxidation sites excluding steroid dienone is 2. The second kappa shape index (κ2) is 15.8. The third kappa shape index (κ3) is 13.9. The Bertz CT molecular complexity index is 180. The van der Waals surface area contributed by atoms with Crippen molar-refractivity contribution >= 4 is 0 Å². The van der Waals surface area contributed by atoms with Crippen LogP contribution in [0.15, 0.2) is 12.2 Å². The molecule has 1 heteroatoms. The third-order valence-corrected chi connectivity index (χ3v) is 3.66. The van der Waals surface area contributed by atoms with Crippen LogP contribution < -0.4 is 0 Å². The minimum absolute atomic E-state index is 1.28. The van der Waals surface area contributed by atoms with Crippen LogP contribution >= 0.6 is 0 Å². The van der Waals surface area contributed by atoms with E-state index in [0.29, 0.717) is 0 Å². The lowest BCUT2D eigenvalue weighted by Crippen LogP contribution is -2.26. The molecule has 0 N–H and O–H groups in total. The van der Waals surface area contributed by atoms with Crippen molar-refractivity contribution in [3.63, 3.8) is 0 Å². The number of hydrogen-bond acceptors (Lipinski definition) is 1. The number of nitrogens with zero attached hydrogens (tertiary/aromatic N) is 1. The largest absolute Gasteiger partial charge is 0.303 e. The van der Waals surface area contributed by atoms with Gasteiger partial charge < -0.3 is 4.90 Å². The summed E-state index contributed by atoms with van der Waals surface area (Å²) >= 11 is 0. The second-order valence-corrected chi connectivity index (χ2v) is 5.67. The Kier molecular flexibility index (Phi) is 15.5. The lowest BCUT2D eigenvalue weighted by molar-refractivity contribution is 0.267. The monoisotopic (exact) mass is 267 g/mol. The molecule has 0 fully saturated rings. The van der Waals surface area contributed by atoms with Gasteiger partial charge >= 0.3 is 0 Å². The van der Waals surface area contributed by atoms with Gasteiger partial charge in [-0.05, 0) is 58.7 Å². The van der Waals surface area contributed by atoms with Gasteiger partial charge in [-0.1, -0.05) is 58.1 Å². The molecule has 1 nitrogen and oxygen atoms in total. The van der Waals surface area contributed by atoms with Crippen LogP contribution in [-0.4, -0.2) is 24.5 Å². The normalized spacial score (nSPS) is 11.8. The Hall–Kier alpha value is -0.300. The standard InChI is InChI=1S/C18H37N/c1-4-7-8-9-10-11-12-13-14-15-18-19(16-5-2)17-6-3/h4,7H,5-6,8-18H2,1-3H3/b7-4+.